The highest BCUT2D eigenvalue weighted by Gasteiger charge is 2.13. The maximum Gasteiger partial charge on any atom is 0.303 e. The number of rotatable bonds is 7. The van der Waals surface area contributed by atoms with Crippen molar-refractivity contribution >= 4 is 23.6 Å². The fraction of sp³-hybridized carbons (Fsp3) is 0.750. The van der Waals surface area contributed by atoms with E-state index in [-0.39, 0.29) is 18.7 Å². The predicted octanol–water partition coefficient (Wildman–Crippen LogP) is -0.342. The highest BCUT2D eigenvalue weighted by atomic mass is 32.2. The number of carboxylic acids is 1. The number of aliphatic carboxylic acids is 1. The highest BCUT2D eigenvalue weighted by Crippen LogP contribution is 1.95. The smallest absolute Gasteiger partial charge is 0.303 e. The SMILES string of the molecule is CSCCNC(=O)C(N)CCC(=O)O. The molecular formula is C8H16N2O3S. The summed E-state index contributed by atoms with van der Waals surface area (Å²) in [6.45, 7) is 0.570. The largest absolute Gasteiger partial charge is 0.481 e. The summed E-state index contributed by atoms with van der Waals surface area (Å²) in [5, 5.41) is 11.0. The van der Waals surface area contributed by atoms with Gasteiger partial charge in [-0.15, -0.1) is 0 Å². The van der Waals surface area contributed by atoms with Crippen molar-refractivity contribution in [2.24, 2.45) is 5.73 Å². The van der Waals surface area contributed by atoms with Crippen molar-refractivity contribution in [1.82, 2.24) is 5.32 Å². The van der Waals surface area contributed by atoms with E-state index >= 15 is 0 Å². The van der Waals surface area contributed by atoms with Crippen LogP contribution in [-0.2, 0) is 9.59 Å². The molecule has 0 heterocycles. The molecular weight excluding hydrogens is 204 g/mol. The van der Waals surface area contributed by atoms with Crippen molar-refractivity contribution < 1.29 is 14.7 Å². The number of carboxylic acid groups (broad SMARTS) is 1. The van der Waals surface area contributed by atoms with Gasteiger partial charge in [-0.3, -0.25) is 9.59 Å². The van der Waals surface area contributed by atoms with E-state index in [9.17, 15) is 9.59 Å². The molecule has 14 heavy (non-hydrogen) atoms. The molecule has 0 aromatic carbocycles. The Kier molecular flexibility index (Phi) is 7.23. The summed E-state index contributed by atoms with van der Waals surface area (Å²) in [4.78, 5) is 21.4. The number of thioether (sulfide) groups is 1. The molecule has 0 aromatic rings. The number of nitrogens with one attached hydrogen (secondary N) is 1. The van der Waals surface area contributed by atoms with Crippen LogP contribution in [0.1, 0.15) is 12.8 Å². The minimum Gasteiger partial charge on any atom is -0.481 e. The lowest BCUT2D eigenvalue weighted by molar-refractivity contribution is -0.137. The van der Waals surface area contributed by atoms with Crippen LogP contribution >= 0.6 is 11.8 Å². The van der Waals surface area contributed by atoms with Crippen molar-refractivity contribution in [2.75, 3.05) is 18.6 Å². The Balaban J connectivity index is 3.59. The predicted molar refractivity (Wildman–Crippen MR) is 56.2 cm³/mol. The quantitative estimate of drug-likeness (QED) is 0.510. The van der Waals surface area contributed by atoms with Crippen molar-refractivity contribution in [1.29, 1.82) is 0 Å². The number of hydrogen-bond acceptors (Lipinski definition) is 4. The summed E-state index contributed by atoms with van der Waals surface area (Å²) in [5.74, 6) is -0.380. The van der Waals surface area contributed by atoms with E-state index in [1.807, 2.05) is 6.26 Å². The van der Waals surface area contributed by atoms with E-state index in [2.05, 4.69) is 5.32 Å². The molecule has 0 spiro atoms. The van der Waals surface area contributed by atoms with Gasteiger partial charge in [0.05, 0.1) is 6.04 Å². The number of hydrogen-bond donors (Lipinski definition) is 3. The average Bonchev–Trinajstić information content (AvgIpc) is 2.14. The van der Waals surface area contributed by atoms with Gasteiger partial charge in [0.2, 0.25) is 5.91 Å². The molecule has 0 fully saturated rings. The summed E-state index contributed by atoms with van der Waals surface area (Å²) < 4.78 is 0. The van der Waals surface area contributed by atoms with Gasteiger partial charge < -0.3 is 16.2 Å². The van der Waals surface area contributed by atoms with Crippen LogP contribution in [0.25, 0.3) is 0 Å². The summed E-state index contributed by atoms with van der Waals surface area (Å²) >= 11 is 1.62. The topological polar surface area (TPSA) is 92.4 Å². The van der Waals surface area contributed by atoms with Crippen LogP contribution in [0.2, 0.25) is 0 Å². The molecule has 4 N–H and O–H groups in total. The Bertz CT molecular complexity index is 199. The monoisotopic (exact) mass is 220 g/mol. The normalized spacial score (nSPS) is 12.1. The molecule has 82 valence electrons. The summed E-state index contributed by atoms with van der Waals surface area (Å²) in [6.07, 6.45) is 2.05. The maximum atomic E-state index is 11.2. The van der Waals surface area contributed by atoms with Gasteiger partial charge in [-0.2, -0.15) is 11.8 Å². The van der Waals surface area contributed by atoms with Gasteiger partial charge in [0.1, 0.15) is 0 Å². The van der Waals surface area contributed by atoms with E-state index in [4.69, 9.17) is 10.8 Å². The number of carbonyl (C=O) groups excluding carboxylic acids is 1. The average molecular weight is 220 g/mol. The van der Waals surface area contributed by atoms with Crippen molar-refractivity contribution in [3.8, 4) is 0 Å². The molecule has 0 rings (SSSR count). The molecule has 0 saturated carbocycles. The van der Waals surface area contributed by atoms with Gasteiger partial charge in [-0.05, 0) is 12.7 Å². The van der Waals surface area contributed by atoms with Gasteiger partial charge in [-0.25, -0.2) is 0 Å². The lowest BCUT2D eigenvalue weighted by Gasteiger charge is -2.10. The Morgan fingerprint density at radius 2 is 2.21 bits per heavy atom. The lowest BCUT2D eigenvalue weighted by atomic mass is 10.1. The number of nitrogens with two attached hydrogens (primary N) is 1. The molecule has 0 aromatic heterocycles. The maximum absolute atomic E-state index is 11.2. The third kappa shape index (κ3) is 6.73. The van der Waals surface area contributed by atoms with Crippen LogP contribution < -0.4 is 11.1 Å². The Labute approximate surface area is 87.4 Å². The molecule has 0 bridgehead atoms. The summed E-state index contributed by atoms with van der Waals surface area (Å²) in [5.41, 5.74) is 5.47. The van der Waals surface area contributed by atoms with Gasteiger partial charge in [-0.1, -0.05) is 0 Å². The van der Waals surface area contributed by atoms with E-state index in [1.54, 1.807) is 11.8 Å². The molecule has 0 aliphatic rings. The first-order valence-corrected chi connectivity index (χ1v) is 5.71. The van der Waals surface area contributed by atoms with Crippen molar-refractivity contribution in [2.45, 2.75) is 18.9 Å². The van der Waals surface area contributed by atoms with E-state index < -0.39 is 12.0 Å². The van der Waals surface area contributed by atoms with Crippen LogP contribution in [0.5, 0.6) is 0 Å². The third-order valence-corrected chi connectivity index (χ3v) is 2.22. The second kappa shape index (κ2) is 7.64. The second-order valence-electron chi connectivity index (χ2n) is 2.82. The third-order valence-electron chi connectivity index (χ3n) is 1.61. The van der Waals surface area contributed by atoms with Gasteiger partial charge >= 0.3 is 5.97 Å². The van der Waals surface area contributed by atoms with Crippen LogP contribution in [0.3, 0.4) is 0 Å². The second-order valence-corrected chi connectivity index (χ2v) is 3.81. The van der Waals surface area contributed by atoms with E-state index in [0.717, 1.165) is 5.75 Å². The first-order chi connectivity index (χ1) is 6.57. The zero-order valence-corrected chi connectivity index (χ0v) is 8.97. The van der Waals surface area contributed by atoms with E-state index in [0.29, 0.717) is 6.54 Å². The van der Waals surface area contributed by atoms with Gasteiger partial charge in [0.25, 0.3) is 0 Å². The molecule has 1 unspecified atom stereocenters. The zero-order valence-electron chi connectivity index (χ0n) is 8.16. The highest BCUT2D eigenvalue weighted by molar-refractivity contribution is 7.98. The zero-order chi connectivity index (χ0) is 11.0. The minimum absolute atomic E-state index is 0.0723. The first-order valence-electron chi connectivity index (χ1n) is 4.32. The summed E-state index contributed by atoms with van der Waals surface area (Å²) in [7, 11) is 0. The number of amides is 1. The number of carbonyl (C=O) groups is 2. The first kappa shape index (κ1) is 13.2. The standard InChI is InChI=1S/C8H16N2O3S/c1-14-5-4-10-8(13)6(9)2-3-7(11)12/h6H,2-5,9H2,1H3,(H,10,13)(H,11,12). The van der Waals surface area contributed by atoms with Crippen molar-refractivity contribution in [3.05, 3.63) is 0 Å². The van der Waals surface area contributed by atoms with Crippen molar-refractivity contribution in [3.63, 3.8) is 0 Å². The Morgan fingerprint density at radius 3 is 2.71 bits per heavy atom. The molecule has 0 saturated heterocycles. The molecule has 0 radical (unpaired) electrons. The van der Waals surface area contributed by atoms with E-state index in [1.165, 1.54) is 0 Å². The molecule has 0 aliphatic carbocycles. The fourth-order valence-corrected chi connectivity index (χ4v) is 1.12. The van der Waals surface area contributed by atoms with Crippen LogP contribution in [0, 0.1) is 0 Å². The molecule has 6 heteroatoms. The van der Waals surface area contributed by atoms with Gasteiger partial charge in [0, 0.05) is 18.7 Å². The lowest BCUT2D eigenvalue weighted by Crippen LogP contribution is -2.41. The minimum atomic E-state index is -0.933. The molecule has 5 nitrogen and oxygen atoms in total. The molecule has 0 aliphatic heterocycles. The van der Waals surface area contributed by atoms with Gasteiger partial charge in [0.15, 0.2) is 0 Å². The molecule has 1 atom stereocenters. The Hall–Kier alpha value is -0.750. The summed E-state index contributed by atoms with van der Waals surface area (Å²) in [6, 6.07) is -0.715. The fourth-order valence-electron chi connectivity index (χ4n) is 0.817. The van der Waals surface area contributed by atoms with Crippen LogP contribution in [0.15, 0.2) is 0 Å². The molecule has 1 amide bonds. The van der Waals surface area contributed by atoms with Crippen LogP contribution in [-0.4, -0.2) is 41.6 Å². The Morgan fingerprint density at radius 1 is 1.57 bits per heavy atom. The van der Waals surface area contributed by atoms with Crippen LogP contribution in [0.4, 0.5) is 0 Å².